The number of phenolic OH excluding ortho intramolecular Hbond substituents is 1. The van der Waals surface area contributed by atoms with Crippen molar-refractivity contribution in [1.82, 2.24) is 0 Å². The van der Waals surface area contributed by atoms with Crippen LogP contribution < -0.4 is 0 Å². The molecular weight excluding hydrogens is 212 g/mol. The van der Waals surface area contributed by atoms with Crippen molar-refractivity contribution < 1.29 is 10.2 Å². The van der Waals surface area contributed by atoms with Crippen LogP contribution in [0.3, 0.4) is 0 Å². The number of hydrogen-bond acceptors (Lipinski definition) is 2. The predicted molar refractivity (Wildman–Crippen MR) is 69.1 cm³/mol. The highest BCUT2D eigenvalue weighted by Crippen LogP contribution is 2.38. The second kappa shape index (κ2) is 6.06. The van der Waals surface area contributed by atoms with E-state index in [4.69, 9.17) is 0 Å². The molecule has 0 heterocycles. The Balaban J connectivity index is 2.15. The molecule has 0 bridgehead atoms. The van der Waals surface area contributed by atoms with E-state index >= 15 is 0 Å². The van der Waals surface area contributed by atoms with Crippen molar-refractivity contribution in [2.45, 2.75) is 44.4 Å². The lowest BCUT2D eigenvalue weighted by atomic mass is 9.75. The topological polar surface area (TPSA) is 40.5 Å². The van der Waals surface area contributed by atoms with Gasteiger partial charge in [0.1, 0.15) is 5.75 Å². The van der Waals surface area contributed by atoms with Crippen LogP contribution in [-0.2, 0) is 0 Å². The second-order valence-electron chi connectivity index (χ2n) is 5.11. The minimum Gasteiger partial charge on any atom is -0.508 e. The summed E-state index contributed by atoms with van der Waals surface area (Å²) in [5, 5.41) is 18.8. The first-order chi connectivity index (χ1) is 8.31. The maximum absolute atomic E-state index is 9.57. The number of hydrogen-bond donors (Lipinski definition) is 2. The van der Waals surface area contributed by atoms with E-state index in [-0.39, 0.29) is 6.61 Å². The Kier molecular flexibility index (Phi) is 4.43. The first kappa shape index (κ1) is 12.4. The number of aliphatic hydroxyl groups is 1. The van der Waals surface area contributed by atoms with Gasteiger partial charge in [0, 0.05) is 6.61 Å². The Morgan fingerprint density at radius 1 is 1.18 bits per heavy atom. The molecule has 2 N–H and O–H groups in total. The first-order valence-corrected chi connectivity index (χ1v) is 6.71. The van der Waals surface area contributed by atoms with E-state index < -0.39 is 0 Å². The summed E-state index contributed by atoms with van der Waals surface area (Å²) in [4.78, 5) is 0. The van der Waals surface area contributed by atoms with Gasteiger partial charge < -0.3 is 10.2 Å². The van der Waals surface area contributed by atoms with Gasteiger partial charge in [-0.15, -0.1) is 0 Å². The number of aliphatic hydroxyl groups excluding tert-OH is 1. The third-order valence-electron chi connectivity index (χ3n) is 3.96. The van der Waals surface area contributed by atoms with Gasteiger partial charge in [0.05, 0.1) is 0 Å². The summed E-state index contributed by atoms with van der Waals surface area (Å²) in [5.41, 5.74) is 1.19. The quantitative estimate of drug-likeness (QED) is 0.837. The van der Waals surface area contributed by atoms with Crippen LogP contribution in [0.15, 0.2) is 24.3 Å². The molecule has 1 aliphatic rings. The maximum Gasteiger partial charge on any atom is 0.115 e. The highest BCUT2D eigenvalue weighted by Gasteiger charge is 2.24. The fraction of sp³-hybridized carbons (Fsp3) is 0.600. The van der Waals surface area contributed by atoms with Crippen molar-refractivity contribution in [2.75, 3.05) is 6.61 Å². The average Bonchev–Trinajstić information content (AvgIpc) is 2.37. The van der Waals surface area contributed by atoms with Gasteiger partial charge in [-0.3, -0.25) is 0 Å². The number of rotatable bonds is 4. The largest absolute Gasteiger partial charge is 0.508 e. The molecule has 1 aromatic rings. The van der Waals surface area contributed by atoms with Crippen molar-refractivity contribution in [3.05, 3.63) is 29.8 Å². The Labute approximate surface area is 103 Å². The van der Waals surface area contributed by atoms with Crippen molar-refractivity contribution in [3.63, 3.8) is 0 Å². The van der Waals surface area contributed by atoms with Crippen LogP contribution in [0.1, 0.15) is 50.0 Å². The lowest BCUT2D eigenvalue weighted by molar-refractivity contribution is 0.229. The average molecular weight is 234 g/mol. The van der Waals surface area contributed by atoms with E-state index in [1.54, 1.807) is 6.07 Å². The van der Waals surface area contributed by atoms with Crippen LogP contribution in [-0.4, -0.2) is 16.8 Å². The molecule has 0 aromatic heterocycles. The normalized spacial score (nSPS) is 19.1. The van der Waals surface area contributed by atoms with Gasteiger partial charge in [-0.05, 0) is 48.8 Å². The van der Waals surface area contributed by atoms with E-state index in [2.05, 4.69) is 6.07 Å². The molecule has 0 amide bonds. The SMILES string of the molecule is OCCC(c1cccc(O)c1)C1CCCCC1. The van der Waals surface area contributed by atoms with E-state index in [1.165, 1.54) is 37.7 Å². The smallest absolute Gasteiger partial charge is 0.115 e. The summed E-state index contributed by atoms with van der Waals surface area (Å²) in [7, 11) is 0. The fourth-order valence-corrected chi connectivity index (χ4v) is 3.11. The van der Waals surface area contributed by atoms with Crippen molar-refractivity contribution in [2.24, 2.45) is 5.92 Å². The van der Waals surface area contributed by atoms with Crippen LogP contribution in [0.4, 0.5) is 0 Å². The van der Waals surface area contributed by atoms with Crippen LogP contribution in [0.25, 0.3) is 0 Å². The van der Waals surface area contributed by atoms with Crippen LogP contribution >= 0.6 is 0 Å². The molecule has 17 heavy (non-hydrogen) atoms. The minimum atomic E-state index is 0.233. The summed E-state index contributed by atoms with van der Waals surface area (Å²) >= 11 is 0. The fourth-order valence-electron chi connectivity index (χ4n) is 3.11. The number of phenols is 1. The summed E-state index contributed by atoms with van der Waals surface area (Å²) < 4.78 is 0. The Morgan fingerprint density at radius 3 is 2.59 bits per heavy atom. The highest BCUT2D eigenvalue weighted by molar-refractivity contribution is 5.30. The van der Waals surface area contributed by atoms with Crippen molar-refractivity contribution >= 4 is 0 Å². The Hall–Kier alpha value is -1.02. The maximum atomic E-state index is 9.57. The van der Waals surface area contributed by atoms with Gasteiger partial charge in [-0.1, -0.05) is 31.4 Å². The zero-order chi connectivity index (χ0) is 12.1. The van der Waals surface area contributed by atoms with Gasteiger partial charge in [-0.2, -0.15) is 0 Å². The molecule has 1 aromatic carbocycles. The molecule has 1 unspecified atom stereocenters. The number of benzene rings is 1. The van der Waals surface area contributed by atoms with Gasteiger partial charge in [0.25, 0.3) is 0 Å². The molecule has 0 spiro atoms. The molecule has 1 aliphatic carbocycles. The summed E-state index contributed by atoms with van der Waals surface area (Å²) in [6.07, 6.45) is 7.31. The molecule has 2 nitrogen and oxygen atoms in total. The molecule has 0 saturated heterocycles. The predicted octanol–water partition coefficient (Wildman–Crippen LogP) is 3.44. The van der Waals surface area contributed by atoms with Gasteiger partial charge in [0.15, 0.2) is 0 Å². The third-order valence-corrected chi connectivity index (χ3v) is 3.96. The van der Waals surface area contributed by atoms with Crippen LogP contribution in [0, 0.1) is 5.92 Å². The monoisotopic (exact) mass is 234 g/mol. The minimum absolute atomic E-state index is 0.233. The van der Waals surface area contributed by atoms with Crippen LogP contribution in [0.2, 0.25) is 0 Å². The Bertz CT molecular complexity index is 343. The van der Waals surface area contributed by atoms with Gasteiger partial charge in [0.2, 0.25) is 0 Å². The summed E-state index contributed by atoms with van der Waals surface area (Å²) in [6.45, 7) is 0.233. The number of aromatic hydroxyl groups is 1. The lowest BCUT2D eigenvalue weighted by Crippen LogP contribution is -2.17. The highest BCUT2D eigenvalue weighted by atomic mass is 16.3. The molecule has 0 aliphatic heterocycles. The Morgan fingerprint density at radius 2 is 1.94 bits per heavy atom. The zero-order valence-electron chi connectivity index (χ0n) is 10.3. The van der Waals surface area contributed by atoms with Gasteiger partial charge in [-0.25, -0.2) is 0 Å². The molecule has 94 valence electrons. The summed E-state index contributed by atoms with van der Waals surface area (Å²) in [5.74, 6) is 1.42. The molecule has 1 saturated carbocycles. The zero-order valence-corrected chi connectivity index (χ0v) is 10.3. The van der Waals surface area contributed by atoms with E-state index in [1.807, 2.05) is 12.1 Å². The molecular formula is C15H22O2. The van der Waals surface area contributed by atoms with Crippen molar-refractivity contribution in [3.8, 4) is 5.75 Å². The molecule has 2 rings (SSSR count). The van der Waals surface area contributed by atoms with E-state index in [0.717, 1.165) is 6.42 Å². The van der Waals surface area contributed by atoms with E-state index in [9.17, 15) is 10.2 Å². The molecule has 1 fully saturated rings. The standard InChI is InChI=1S/C15H22O2/c16-10-9-15(12-5-2-1-3-6-12)13-7-4-8-14(17)11-13/h4,7-8,11-12,15-17H,1-3,5-6,9-10H2. The summed E-state index contributed by atoms with van der Waals surface area (Å²) in [6, 6.07) is 7.54. The second-order valence-corrected chi connectivity index (χ2v) is 5.11. The third kappa shape index (κ3) is 3.22. The molecule has 1 atom stereocenters. The van der Waals surface area contributed by atoms with Crippen LogP contribution in [0.5, 0.6) is 5.75 Å². The first-order valence-electron chi connectivity index (χ1n) is 6.71. The van der Waals surface area contributed by atoms with E-state index in [0.29, 0.717) is 17.6 Å². The molecule has 2 heteroatoms. The lowest BCUT2D eigenvalue weighted by Gasteiger charge is -2.30. The van der Waals surface area contributed by atoms with Gasteiger partial charge >= 0.3 is 0 Å². The van der Waals surface area contributed by atoms with Crippen molar-refractivity contribution in [1.29, 1.82) is 0 Å². The molecule has 0 radical (unpaired) electrons.